The predicted molar refractivity (Wildman–Crippen MR) is 57.5 cm³/mol. The first-order valence-corrected chi connectivity index (χ1v) is 7.01. The van der Waals surface area contributed by atoms with Crippen molar-refractivity contribution in [2.45, 2.75) is 19.0 Å². The fraction of sp³-hybridized carbons (Fsp3) is 0.400. The molecule has 0 saturated carbocycles. The van der Waals surface area contributed by atoms with Crippen molar-refractivity contribution in [3.63, 3.8) is 0 Å². The molecule has 0 saturated heterocycles. The third kappa shape index (κ3) is 2.57. The minimum Gasteiger partial charge on any atom is -0.497 e. The van der Waals surface area contributed by atoms with Gasteiger partial charge in [-0.15, -0.1) is 0 Å². The smallest absolute Gasteiger partial charge is 0.336 e. The lowest BCUT2D eigenvalue weighted by molar-refractivity contribution is 0.355. The van der Waals surface area contributed by atoms with Gasteiger partial charge in [0.15, 0.2) is 0 Å². The molecule has 0 fully saturated rings. The lowest BCUT2D eigenvalue weighted by atomic mass is 10.1. The minimum atomic E-state index is -3.07. The first-order valence-electron chi connectivity index (χ1n) is 4.54. The molecule has 1 aromatic carbocycles. The van der Waals surface area contributed by atoms with Crippen LogP contribution in [0.15, 0.2) is 24.3 Å². The van der Waals surface area contributed by atoms with E-state index in [1.165, 1.54) is 6.55 Å². The van der Waals surface area contributed by atoms with E-state index >= 15 is 0 Å². The topological polar surface area (TPSA) is 49.7 Å². The molecular formula is C10H16O3Si. The Kier molecular flexibility index (Phi) is 3.31. The largest absolute Gasteiger partial charge is 0.497 e. The summed E-state index contributed by atoms with van der Waals surface area (Å²) in [4.78, 5) is 19.1. The van der Waals surface area contributed by atoms with Crippen LogP contribution in [0.25, 0.3) is 0 Å². The van der Waals surface area contributed by atoms with Crippen LogP contribution in [0.1, 0.15) is 18.0 Å². The standard InChI is InChI=1S/C10H16O3Si/c1-8(14(3,11)12)9-4-6-10(13-2)7-5-9/h4-8,11-12H,1-3H3. The normalized spacial score (nSPS) is 13.8. The van der Waals surface area contributed by atoms with Gasteiger partial charge in [0.05, 0.1) is 7.11 Å². The molecule has 78 valence electrons. The molecule has 1 unspecified atom stereocenters. The molecular weight excluding hydrogens is 196 g/mol. The quantitative estimate of drug-likeness (QED) is 0.745. The third-order valence-electron chi connectivity index (χ3n) is 2.44. The van der Waals surface area contributed by atoms with E-state index in [9.17, 15) is 9.59 Å². The highest BCUT2D eigenvalue weighted by atomic mass is 28.4. The van der Waals surface area contributed by atoms with Gasteiger partial charge in [0.25, 0.3) is 0 Å². The van der Waals surface area contributed by atoms with Crippen LogP contribution in [0, 0.1) is 0 Å². The summed E-state index contributed by atoms with van der Waals surface area (Å²) in [6.07, 6.45) is 0. The molecule has 14 heavy (non-hydrogen) atoms. The van der Waals surface area contributed by atoms with E-state index in [2.05, 4.69) is 0 Å². The zero-order valence-electron chi connectivity index (χ0n) is 8.69. The highest BCUT2D eigenvalue weighted by Gasteiger charge is 2.31. The molecule has 1 aromatic rings. The maximum atomic E-state index is 9.53. The van der Waals surface area contributed by atoms with Crippen LogP contribution in [0.3, 0.4) is 0 Å². The Morgan fingerprint density at radius 1 is 1.21 bits per heavy atom. The summed E-state index contributed by atoms with van der Waals surface area (Å²) in [7, 11) is -1.46. The number of hydrogen-bond donors (Lipinski definition) is 2. The lowest BCUT2D eigenvalue weighted by Gasteiger charge is -2.21. The predicted octanol–water partition coefficient (Wildman–Crippen LogP) is 1.39. The second kappa shape index (κ2) is 4.12. The Balaban J connectivity index is 2.87. The van der Waals surface area contributed by atoms with Gasteiger partial charge in [0.2, 0.25) is 0 Å². The molecule has 0 aliphatic carbocycles. The zero-order valence-corrected chi connectivity index (χ0v) is 9.69. The van der Waals surface area contributed by atoms with Crippen molar-refractivity contribution >= 4 is 8.56 Å². The van der Waals surface area contributed by atoms with Gasteiger partial charge in [-0.05, 0) is 24.2 Å². The fourth-order valence-corrected chi connectivity index (χ4v) is 2.03. The molecule has 1 atom stereocenters. The Labute approximate surface area is 85.2 Å². The van der Waals surface area contributed by atoms with Gasteiger partial charge in [0, 0.05) is 5.54 Å². The zero-order chi connectivity index (χ0) is 10.8. The Morgan fingerprint density at radius 2 is 1.71 bits per heavy atom. The van der Waals surface area contributed by atoms with E-state index in [0.29, 0.717) is 0 Å². The van der Waals surface area contributed by atoms with Crippen molar-refractivity contribution in [1.29, 1.82) is 0 Å². The van der Waals surface area contributed by atoms with Crippen molar-refractivity contribution < 1.29 is 14.3 Å². The summed E-state index contributed by atoms with van der Waals surface area (Å²) in [5.74, 6) is 0.778. The first kappa shape index (κ1) is 11.2. The van der Waals surface area contributed by atoms with Crippen molar-refractivity contribution in [3.05, 3.63) is 29.8 Å². The second-order valence-electron chi connectivity index (χ2n) is 3.59. The molecule has 0 amide bonds. The van der Waals surface area contributed by atoms with Crippen LogP contribution in [0.4, 0.5) is 0 Å². The van der Waals surface area contributed by atoms with E-state index in [4.69, 9.17) is 4.74 Å². The van der Waals surface area contributed by atoms with Gasteiger partial charge < -0.3 is 14.3 Å². The molecule has 0 spiro atoms. The maximum absolute atomic E-state index is 9.53. The van der Waals surface area contributed by atoms with E-state index in [1.807, 2.05) is 31.2 Å². The monoisotopic (exact) mass is 212 g/mol. The number of benzene rings is 1. The fourth-order valence-electron chi connectivity index (χ4n) is 1.21. The van der Waals surface area contributed by atoms with Crippen molar-refractivity contribution in [3.8, 4) is 5.75 Å². The molecule has 3 nitrogen and oxygen atoms in total. The van der Waals surface area contributed by atoms with E-state index in [0.717, 1.165) is 11.3 Å². The molecule has 0 heterocycles. The number of ether oxygens (including phenoxy) is 1. The molecule has 0 aliphatic heterocycles. The number of hydrogen-bond acceptors (Lipinski definition) is 3. The lowest BCUT2D eigenvalue weighted by Crippen LogP contribution is -2.37. The molecule has 0 radical (unpaired) electrons. The molecule has 0 aliphatic rings. The molecule has 2 N–H and O–H groups in total. The molecule has 4 heteroatoms. The van der Waals surface area contributed by atoms with Crippen LogP contribution >= 0.6 is 0 Å². The molecule has 0 bridgehead atoms. The average molecular weight is 212 g/mol. The van der Waals surface area contributed by atoms with Crippen molar-refractivity contribution in [2.75, 3.05) is 7.11 Å². The second-order valence-corrected chi connectivity index (χ2v) is 6.64. The molecule has 1 rings (SSSR count). The first-order chi connectivity index (χ1) is 6.45. The van der Waals surface area contributed by atoms with Gasteiger partial charge in [0.1, 0.15) is 5.75 Å². The van der Waals surface area contributed by atoms with Crippen LogP contribution in [-0.4, -0.2) is 25.3 Å². The summed E-state index contributed by atoms with van der Waals surface area (Å²) >= 11 is 0. The summed E-state index contributed by atoms with van der Waals surface area (Å²) in [5, 5.41) is 0. The van der Waals surface area contributed by atoms with E-state index < -0.39 is 8.56 Å². The number of methoxy groups -OCH3 is 1. The van der Waals surface area contributed by atoms with Gasteiger partial charge in [-0.2, -0.15) is 0 Å². The van der Waals surface area contributed by atoms with E-state index in [-0.39, 0.29) is 5.54 Å². The van der Waals surface area contributed by atoms with Crippen LogP contribution < -0.4 is 4.74 Å². The summed E-state index contributed by atoms with van der Waals surface area (Å²) in [5.41, 5.74) is 0.748. The maximum Gasteiger partial charge on any atom is 0.336 e. The Morgan fingerprint density at radius 3 is 2.07 bits per heavy atom. The highest BCUT2D eigenvalue weighted by molar-refractivity contribution is 6.64. The summed E-state index contributed by atoms with van der Waals surface area (Å²) in [6, 6.07) is 7.38. The van der Waals surface area contributed by atoms with Crippen LogP contribution in [0.2, 0.25) is 6.55 Å². The van der Waals surface area contributed by atoms with Gasteiger partial charge in [-0.3, -0.25) is 0 Å². The average Bonchev–Trinajstić information content (AvgIpc) is 2.15. The van der Waals surface area contributed by atoms with Crippen molar-refractivity contribution in [1.82, 2.24) is 0 Å². The van der Waals surface area contributed by atoms with Gasteiger partial charge >= 0.3 is 8.56 Å². The third-order valence-corrected chi connectivity index (χ3v) is 4.41. The van der Waals surface area contributed by atoms with Gasteiger partial charge in [-0.1, -0.05) is 19.1 Å². The number of rotatable bonds is 3. The minimum absolute atomic E-state index is 0.187. The summed E-state index contributed by atoms with van der Waals surface area (Å²) < 4.78 is 5.02. The summed E-state index contributed by atoms with van der Waals surface area (Å²) in [6.45, 7) is 3.34. The van der Waals surface area contributed by atoms with Crippen molar-refractivity contribution in [2.24, 2.45) is 0 Å². The van der Waals surface area contributed by atoms with Crippen LogP contribution in [-0.2, 0) is 0 Å². The SMILES string of the molecule is COc1ccc(C(C)[Si](C)(O)O)cc1. The van der Waals surface area contributed by atoms with Gasteiger partial charge in [-0.25, -0.2) is 0 Å². The Hall–Kier alpha value is -0.843. The van der Waals surface area contributed by atoms with E-state index in [1.54, 1.807) is 7.11 Å². The van der Waals surface area contributed by atoms with Crippen LogP contribution in [0.5, 0.6) is 5.75 Å². The Bertz CT molecular complexity index is 289. The highest BCUT2D eigenvalue weighted by Crippen LogP contribution is 2.24. The molecule has 0 aromatic heterocycles.